The first kappa shape index (κ1) is 13.6. The summed E-state index contributed by atoms with van der Waals surface area (Å²) < 4.78 is 5.16. The van der Waals surface area contributed by atoms with Crippen LogP contribution in [-0.2, 0) is 0 Å². The Morgan fingerprint density at radius 3 is 2.78 bits per heavy atom. The molecule has 0 amide bonds. The van der Waals surface area contributed by atoms with Crippen molar-refractivity contribution in [3.8, 4) is 5.75 Å². The molecule has 1 heterocycles. The number of ether oxygens (including phenoxy) is 1. The number of halogens is 2. The highest BCUT2D eigenvalue weighted by Crippen LogP contribution is 2.36. The first-order valence-electron chi connectivity index (χ1n) is 5.19. The van der Waals surface area contributed by atoms with Crippen molar-refractivity contribution in [3.63, 3.8) is 0 Å². The Labute approximate surface area is 119 Å². The van der Waals surface area contributed by atoms with E-state index in [1.54, 1.807) is 24.5 Å². The second-order valence-corrected chi connectivity index (χ2v) is 5.36. The van der Waals surface area contributed by atoms with Gasteiger partial charge in [0.05, 0.1) is 23.2 Å². The summed E-state index contributed by atoms with van der Waals surface area (Å²) in [7, 11) is 1.63. The van der Waals surface area contributed by atoms with Gasteiger partial charge in [0, 0.05) is 10.3 Å². The third-order valence-corrected chi connectivity index (χ3v) is 4.38. The van der Waals surface area contributed by atoms with Crippen LogP contribution < -0.4 is 16.0 Å². The molecule has 1 unspecified atom stereocenters. The minimum atomic E-state index is -0.204. The maximum atomic E-state index is 6.20. The van der Waals surface area contributed by atoms with Crippen molar-refractivity contribution in [2.24, 2.45) is 5.84 Å². The molecule has 0 aliphatic rings. The SMILES string of the molecule is COc1csc(C(NN)c2cccc(Cl)c2Cl)c1. The number of benzene rings is 1. The lowest BCUT2D eigenvalue weighted by atomic mass is 10.1. The van der Waals surface area contributed by atoms with Crippen molar-refractivity contribution < 1.29 is 4.74 Å². The van der Waals surface area contributed by atoms with Gasteiger partial charge in [0.25, 0.3) is 0 Å². The molecule has 3 nitrogen and oxygen atoms in total. The van der Waals surface area contributed by atoms with Crippen molar-refractivity contribution in [1.29, 1.82) is 0 Å². The summed E-state index contributed by atoms with van der Waals surface area (Å²) in [6, 6.07) is 7.21. The average Bonchev–Trinajstić information content (AvgIpc) is 2.84. The smallest absolute Gasteiger partial charge is 0.129 e. The Morgan fingerprint density at radius 2 is 2.17 bits per heavy atom. The highest BCUT2D eigenvalue weighted by Gasteiger charge is 2.19. The van der Waals surface area contributed by atoms with Gasteiger partial charge in [0.2, 0.25) is 0 Å². The second-order valence-electron chi connectivity index (χ2n) is 3.63. The summed E-state index contributed by atoms with van der Waals surface area (Å²) in [5, 5.41) is 2.94. The maximum Gasteiger partial charge on any atom is 0.129 e. The van der Waals surface area contributed by atoms with E-state index in [1.807, 2.05) is 23.6 Å². The molecule has 0 bridgehead atoms. The molecule has 1 aromatic heterocycles. The molecule has 18 heavy (non-hydrogen) atoms. The molecule has 0 saturated carbocycles. The molecule has 1 aromatic carbocycles. The summed E-state index contributed by atoms with van der Waals surface area (Å²) in [6.07, 6.45) is 0. The minimum absolute atomic E-state index is 0.204. The molecule has 2 aromatic rings. The van der Waals surface area contributed by atoms with E-state index < -0.39 is 0 Å². The minimum Gasteiger partial charge on any atom is -0.496 e. The Balaban J connectivity index is 2.41. The zero-order chi connectivity index (χ0) is 13.1. The molecule has 0 saturated heterocycles. The van der Waals surface area contributed by atoms with Crippen molar-refractivity contribution in [2.45, 2.75) is 6.04 Å². The molecule has 2 rings (SSSR count). The van der Waals surface area contributed by atoms with E-state index in [0.29, 0.717) is 10.0 Å². The number of hydrogen-bond acceptors (Lipinski definition) is 4. The lowest BCUT2D eigenvalue weighted by molar-refractivity contribution is 0.416. The zero-order valence-electron chi connectivity index (χ0n) is 9.61. The van der Waals surface area contributed by atoms with E-state index in [-0.39, 0.29) is 6.04 Å². The van der Waals surface area contributed by atoms with E-state index in [9.17, 15) is 0 Å². The van der Waals surface area contributed by atoms with Gasteiger partial charge in [-0.2, -0.15) is 0 Å². The normalized spacial score (nSPS) is 12.4. The fraction of sp³-hybridized carbons (Fsp3) is 0.167. The maximum absolute atomic E-state index is 6.20. The Kier molecular flexibility index (Phi) is 4.48. The average molecular weight is 303 g/mol. The van der Waals surface area contributed by atoms with E-state index >= 15 is 0 Å². The lowest BCUT2D eigenvalue weighted by Gasteiger charge is -2.16. The number of hydrogen-bond donors (Lipinski definition) is 2. The number of methoxy groups -OCH3 is 1. The van der Waals surface area contributed by atoms with Gasteiger partial charge < -0.3 is 4.74 Å². The van der Waals surface area contributed by atoms with Gasteiger partial charge >= 0.3 is 0 Å². The Morgan fingerprint density at radius 1 is 1.39 bits per heavy atom. The fourth-order valence-corrected chi connectivity index (χ4v) is 3.01. The van der Waals surface area contributed by atoms with Crippen LogP contribution in [0.1, 0.15) is 16.5 Å². The number of nitrogens with two attached hydrogens (primary N) is 1. The first-order chi connectivity index (χ1) is 8.67. The lowest BCUT2D eigenvalue weighted by Crippen LogP contribution is -2.28. The van der Waals surface area contributed by atoms with Crippen LogP contribution in [0.25, 0.3) is 0 Å². The van der Waals surface area contributed by atoms with Crippen molar-refractivity contribution in [2.75, 3.05) is 7.11 Å². The summed E-state index contributed by atoms with van der Waals surface area (Å²) in [4.78, 5) is 1.01. The van der Waals surface area contributed by atoms with Crippen LogP contribution in [0.2, 0.25) is 10.0 Å². The molecule has 3 N–H and O–H groups in total. The van der Waals surface area contributed by atoms with Crippen LogP contribution in [0.3, 0.4) is 0 Å². The van der Waals surface area contributed by atoms with Crippen molar-refractivity contribution >= 4 is 34.5 Å². The molecule has 1 atom stereocenters. The number of nitrogens with one attached hydrogen (secondary N) is 1. The summed E-state index contributed by atoms with van der Waals surface area (Å²) in [6.45, 7) is 0. The van der Waals surface area contributed by atoms with Crippen molar-refractivity contribution in [1.82, 2.24) is 5.43 Å². The molecule has 6 heteroatoms. The van der Waals surface area contributed by atoms with Crippen LogP contribution >= 0.6 is 34.5 Å². The van der Waals surface area contributed by atoms with E-state index in [4.69, 9.17) is 33.8 Å². The van der Waals surface area contributed by atoms with Crippen LogP contribution in [0.4, 0.5) is 0 Å². The molecular formula is C12H12Cl2N2OS. The zero-order valence-corrected chi connectivity index (χ0v) is 11.9. The standard InChI is InChI=1S/C12H12Cl2N2OS/c1-17-7-5-10(18-6-7)12(16-15)8-3-2-4-9(13)11(8)14/h2-6,12,16H,15H2,1H3. The first-order valence-corrected chi connectivity index (χ1v) is 6.83. The summed E-state index contributed by atoms with van der Waals surface area (Å²) >= 11 is 13.8. The molecule has 0 fully saturated rings. The third kappa shape index (κ3) is 2.63. The molecule has 0 aliphatic heterocycles. The Bertz CT molecular complexity index is 545. The van der Waals surface area contributed by atoms with E-state index in [0.717, 1.165) is 16.2 Å². The van der Waals surface area contributed by atoms with Crippen LogP contribution in [0.5, 0.6) is 5.75 Å². The quantitative estimate of drug-likeness (QED) is 0.670. The van der Waals surface area contributed by atoms with Crippen LogP contribution in [-0.4, -0.2) is 7.11 Å². The third-order valence-electron chi connectivity index (χ3n) is 2.58. The summed E-state index contributed by atoms with van der Waals surface area (Å²) in [5.41, 5.74) is 3.60. The number of thiophene rings is 1. The predicted molar refractivity (Wildman–Crippen MR) is 76.5 cm³/mol. The number of rotatable bonds is 4. The highest BCUT2D eigenvalue weighted by atomic mass is 35.5. The van der Waals surface area contributed by atoms with Crippen LogP contribution in [0.15, 0.2) is 29.6 Å². The molecule has 0 spiro atoms. The van der Waals surface area contributed by atoms with Gasteiger partial charge in [-0.3, -0.25) is 5.84 Å². The van der Waals surface area contributed by atoms with Crippen molar-refractivity contribution in [3.05, 3.63) is 50.1 Å². The molecule has 0 radical (unpaired) electrons. The fourth-order valence-electron chi connectivity index (χ4n) is 1.66. The molecule has 0 aliphatic carbocycles. The topological polar surface area (TPSA) is 47.3 Å². The van der Waals surface area contributed by atoms with Gasteiger partial charge in [-0.15, -0.1) is 11.3 Å². The van der Waals surface area contributed by atoms with Gasteiger partial charge in [-0.25, -0.2) is 5.43 Å². The predicted octanol–water partition coefficient (Wildman–Crippen LogP) is 3.62. The van der Waals surface area contributed by atoms with Gasteiger partial charge in [-0.05, 0) is 17.7 Å². The Hall–Kier alpha value is -0.780. The highest BCUT2D eigenvalue weighted by molar-refractivity contribution is 7.10. The largest absolute Gasteiger partial charge is 0.496 e. The van der Waals surface area contributed by atoms with E-state index in [1.165, 1.54) is 0 Å². The van der Waals surface area contributed by atoms with Gasteiger partial charge in [0.15, 0.2) is 0 Å². The van der Waals surface area contributed by atoms with E-state index in [2.05, 4.69) is 5.43 Å². The van der Waals surface area contributed by atoms with Crippen LogP contribution in [0, 0.1) is 0 Å². The molecular weight excluding hydrogens is 291 g/mol. The second kappa shape index (κ2) is 5.91. The van der Waals surface area contributed by atoms with Gasteiger partial charge in [-0.1, -0.05) is 35.3 Å². The summed E-state index contributed by atoms with van der Waals surface area (Å²) in [5.74, 6) is 6.42. The molecule has 96 valence electrons. The number of hydrazine groups is 1. The van der Waals surface area contributed by atoms with Gasteiger partial charge in [0.1, 0.15) is 5.75 Å². The monoisotopic (exact) mass is 302 g/mol.